The van der Waals surface area contributed by atoms with Crippen LogP contribution in [0.1, 0.15) is 42.5 Å². The lowest BCUT2D eigenvalue weighted by molar-refractivity contribution is 0.147. The Bertz CT molecular complexity index is 580. The first kappa shape index (κ1) is 14.2. The van der Waals surface area contributed by atoms with Gasteiger partial charge in [0.1, 0.15) is 0 Å². The molecule has 108 valence electrons. The van der Waals surface area contributed by atoms with Gasteiger partial charge in [-0.05, 0) is 82.0 Å². The maximum absolute atomic E-state index is 11.2. The summed E-state index contributed by atoms with van der Waals surface area (Å²) < 4.78 is 1.37. The lowest BCUT2D eigenvalue weighted by atomic mass is 9.81. The van der Waals surface area contributed by atoms with Crippen molar-refractivity contribution in [1.29, 1.82) is 0 Å². The van der Waals surface area contributed by atoms with Gasteiger partial charge < -0.3 is 10.0 Å². The highest BCUT2D eigenvalue weighted by atomic mass is 127. The van der Waals surface area contributed by atoms with Crippen LogP contribution in [0.25, 0.3) is 0 Å². The zero-order valence-electron chi connectivity index (χ0n) is 12.0. The number of halogens is 1. The second-order valence-electron chi connectivity index (χ2n) is 6.50. The average molecular weight is 385 g/mol. The van der Waals surface area contributed by atoms with E-state index in [0.717, 1.165) is 19.3 Å². The molecule has 20 heavy (non-hydrogen) atoms. The Morgan fingerprint density at radius 1 is 1.25 bits per heavy atom. The van der Waals surface area contributed by atoms with Crippen molar-refractivity contribution in [2.45, 2.75) is 44.9 Å². The number of hydrogen-bond donors (Lipinski definition) is 1. The summed E-state index contributed by atoms with van der Waals surface area (Å²) in [5.74, 6) is 0. The summed E-state index contributed by atoms with van der Waals surface area (Å²) in [6.45, 7) is 5.91. The molecule has 0 aromatic heterocycles. The summed E-state index contributed by atoms with van der Waals surface area (Å²) in [5, 5.41) is 9.22. The lowest BCUT2D eigenvalue weighted by Crippen LogP contribution is -2.31. The van der Waals surface area contributed by atoms with Crippen molar-refractivity contribution in [1.82, 2.24) is 4.90 Å². The first-order valence-electron chi connectivity index (χ1n) is 7.21. The fourth-order valence-corrected chi connectivity index (χ4v) is 4.64. The Hall–Kier alpha value is -0.780. The molecule has 1 N–H and O–H groups in total. The number of fused-ring (bicyclic) bond motifs is 3. The van der Waals surface area contributed by atoms with Crippen molar-refractivity contribution in [2.24, 2.45) is 0 Å². The van der Waals surface area contributed by atoms with Crippen molar-refractivity contribution in [3.63, 3.8) is 0 Å². The molecule has 1 heterocycles. The first-order chi connectivity index (χ1) is 9.40. The summed E-state index contributed by atoms with van der Waals surface area (Å²) in [6.07, 6.45) is 3.29. The van der Waals surface area contributed by atoms with Gasteiger partial charge in [0.2, 0.25) is 0 Å². The van der Waals surface area contributed by atoms with Gasteiger partial charge in [-0.3, -0.25) is 0 Å². The van der Waals surface area contributed by atoms with E-state index in [1.165, 1.54) is 32.2 Å². The number of amides is 1. The minimum atomic E-state index is -0.789. The monoisotopic (exact) mass is 385 g/mol. The molecule has 0 bridgehead atoms. The zero-order chi connectivity index (χ0) is 14.5. The van der Waals surface area contributed by atoms with E-state index in [1.807, 2.05) is 0 Å². The van der Waals surface area contributed by atoms with Crippen LogP contribution in [-0.4, -0.2) is 29.2 Å². The number of nitrogens with zero attached hydrogens (tertiary/aromatic N) is 1. The second-order valence-corrected chi connectivity index (χ2v) is 7.67. The minimum Gasteiger partial charge on any atom is -0.465 e. The van der Waals surface area contributed by atoms with E-state index in [2.05, 4.69) is 42.5 Å². The van der Waals surface area contributed by atoms with Gasteiger partial charge in [0, 0.05) is 16.7 Å². The molecule has 0 spiro atoms. The van der Waals surface area contributed by atoms with E-state index < -0.39 is 6.09 Å². The van der Waals surface area contributed by atoms with E-state index in [1.54, 1.807) is 4.90 Å². The number of hydrogen-bond acceptors (Lipinski definition) is 1. The van der Waals surface area contributed by atoms with Crippen molar-refractivity contribution >= 4 is 28.7 Å². The Morgan fingerprint density at radius 2 is 1.95 bits per heavy atom. The number of carbonyl (C=O) groups is 1. The van der Waals surface area contributed by atoms with Crippen LogP contribution in [0.3, 0.4) is 0 Å². The SMILES string of the molecule is CC1(C)CCc2c(I)cc3c(c21)CCN(C(=O)O)CC3. The molecule has 0 fully saturated rings. The van der Waals surface area contributed by atoms with Crippen LogP contribution in [-0.2, 0) is 24.7 Å². The zero-order valence-corrected chi connectivity index (χ0v) is 14.2. The summed E-state index contributed by atoms with van der Waals surface area (Å²) in [7, 11) is 0. The summed E-state index contributed by atoms with van der Waals surface area (Å²) in [4.78, 5) is 12.8. The van der Waals surface area contributed by atoms with Crippen LogP contribution < -0.4 is 0 Å². The van der Waals surface area contributed by atoms with E-state index in [4.69, 9.17) is 0 Å². The van der Waals surface area contributed by atoms with Gasteiger partial charge in [0.05, 0.1) is 0 Å². The van der Waals surface area contributed by atoms with Crippen LogP contribution in [0.5, 0.6) is 0 Å². The highest BCUT2D eigenvalue weighted by molar-refractivity contribution is 14.1. The molecular formula is C16H20INO2. The smallest absolute Gasteiger partial charge is 0.407 e. The molecule has 1 aliphatic carbocycles. The average Bonchev–Trinajstić information content (AvgIpc) is 2.57. The maximum atomic E-state index is 11.2. The van der Waals surface area contributed by atoms with Crippen LogP contribution >= 0.6 is 22.6 Å². The molecule has 0 saturated heterocycles. The predicted molar refractivity (Wildman–Crippen MR) is 87.5 cm³/mol. The van der Waals surface area contributed by atoms with Gasteiger partial charge in [0.15, 0.2) is 0 Å². The molecule has 0 atom stereocenters. The van der Waals surface area contributed by atoms with Crippen molar-refractivity contribution in [3.05, 3.63) is 31.9 Å². The molecule has 0 saturated carbocycles. The molecule has 1 aliphatic heterocycles. The minimum absolute atomic E-state index is 0.235. The van der Waals surface area contributed by atoms with Crippen molar-refractivity contribution < 1.29 is 9.90 Å². The number of benzene rings is 1. The topological polar surface area (TPSA) is 40.5 Å². The molecule has 0 radical (unpaired) electrons. The largest absolute Gasteiger partial charge is 0.465 e. The summed E-state index contributed by atoms with van der Waals surface area (Å²) in [5.41, 5.74) is 6.07. The van der Waals surface area contributed by atoms with Crippen LogP contribution in [0, 0.1) is 3.57 Å². The maximum Gasteiger partial charge on any atom is 0.407 e. The van der Waals surface area contributed by atoms with Crippen molar-refractivity contribution in [2.75, 3.05) is 13.1 Å². The standard InChI is InChI=1S/C16H20INO2/c1-16(2)6-3-12-13(17)9-10-4-7-18(15(19)20)8-5-11(10)14(12)16/h9H,3-8H2,1-2H3,(H,19,20). The highest BCUT2D eigenvalue weighted by Gasteiger charge is 2.35. The van der Waals surface area contributed by atoms with Crippen LogP contribution in [0.4, 0.5) is 4.79 Å². The molecule has 1 amide bonds. The third kappa shape index (κ3) is 2.22. The quantitative estimate of drug-likeness (QED) is 0.694. The van der Waals surface area contributed by atoms with Gasteiger partial charge in [-0.2, -0.15) is 0 Å². The van der Waals surface area contributed by atoms with E-state index in [0.29, 0.717) is 13.1 Å². The molecular weight excluding hydrogens is 365 g/mol. The normalized spacial score (nSPS) is 20.2. The first-order valence-corrected chi connectivity index (χ1v) is 8.29. The number of carboxylic acid groups (broad SMARTS) is 1. The molecule has 3 rings (SSSR count). The molecule has 1 aromatic rings. The van der Waals surface area contributed by atoms with Gasteiger partial charge in [-0.25, -0.2) is 4.79 Å². The molecule has 1 aromatic carbocycles. The Morgan fingerprint density at radius 3 is 2.65 bits per heavy atom. The lowest BCUT2D eigenvalue weighted by Gasteiger charge is -2.24. The summed E-state index contributed by atoms with van der Waals surface area (Å²) in [6, 6.07) is 2.29. The number of rotatable bonds is 0. The Labute approximate surface area is 133 Å². The Kier molecular flexibility index (Phi) is 3.47. The van der Waals surface area contributed by atoms with E-state index >= 15 is 0 Å². The van der Waals surface area contributed by atoms with Gasteiger partial charge in [-0.15, -0.1) is 0 Å². The van der Waals surface area contributed by atoms with Crippen LogP contribution in [0.2, 0.25) is 0 Å². The van der Waals surface area contributed by atoms with E-state index in [9.17, 15) is 9.90 Å². The van der Waals surface area contributed by atoms with Gasteiger partial charge >= 0.3 is 6.09 Å². The third-order valence-electron chi connectivity index (χ3n) is 4.81. The molecule has 4 heteroatoms. The van der Waals surface area contributed by atoms with Crippen molar-refractivity contribution in [3.8, 4) is 0 Å². The van der Waals surface area contributed by atoms with Gasteiger partial charge in [-0.1, -0.05) is 13.8 Å². The molecule has 0 unspecified atom stereocenters. The van der Waals surface area contributed by atoms with Gasteiger partial charge in [0.25, 0.3) is 0 Å². The molecule has 2 aliphatic rings. The fourth-order valence-electron chi connectivity index (χ4n) is 3.73. The second kappa shape index (κ2) is 4.90. The highest BCUT2D eigenvalue weighted by Crippen LogP contribution is 2.44. The fraction of sp³-hybridized carbons (Fsp3) is 0.562. The predicted octanol–water partition coefficient (Wildman–Crippen LogP) is 3.59. The van der Waals surface area contributed by atoms with E-state index in [-0.39, 0.29) is 5.41 Å². The Balaban J connectivity index is 2.08. The third-order valence-corrected chi connectivity index (χ3v) is 5.77. The molecule has 3 nitrogen and oxygen atoms in total. The summed E-state index contributed by atoms with van der Waals surface area (Å²) >= 11 is 2.45. The van der Waals surface area contributed by atoms with Crippen LogP contribution in [0.15, 0.2) is 6.07 Å².